The summed E-state index contributed by atoms with van der Waals surface area (Å²) < 4.78 is 9.93. The zero-order valence-electron chi connectivity index (χ0n) is 10.4. The minimum Gasteiger partial charge on any atom is -0.465 e. The highest BCUT2D eigenvalue weighted by Crippen LogP contribution is 2.31. The van der Waals surface area contributed by atoms with Gasteiger partial charge in [0, 0.05) is 12.7 Å². The van der Waals surface area contributed by atoms with Crippen LogP contribution in [0.4, 0.5) is 11.5 Å². The van der Waals surface area contributed by atoms with E-state index in [0.29, 0.717) is 36.8 Å². The maximum atomic E-state index is 12.0. The second-order valence-electron chi connectivity index (χ2n) is 4.36. The Balaban J connectivity index is 2.00. The fraction of sp³-hybridized carbons (Fsp3) is 0.417. The Morgan fingerprint density at radius 1 is 1.63 bits per heavy atom. The number of ether oxygens (including phenoxy) is 2. The van der Waals surface area contributed by atoms with Crippen LogP contribution in [0.25, 0.3) is 0 Å². The Morgan fingerprint density at radius 3 is 3.26 bits per heavy atom. The van der Waals surface area contributed by atoms with Crippen LogP contribution in [0.15, 0.2) is 12.3 Å². The zero-order valence-corrected chi connectivity index (χ0v) is 10.4. The van der Waals surface area contributed by atoms with E-state index in [9.17, 15) is 9.59 Å². The molecule has 3 heterocycles. The standard InChI is InChI=1S/C12H13N3O4/c1-18-12(17)7-4-8-10(13-5-7)15-2-3-19-6-9(15)11(16)14-8/h4-5,9H,2-3,6H2,1H3,(H,14,16). The van der Waals surface area contributed by atoms with E-state index >= 15 is 0 Å². The van der Waals surface area contributed by atoms with Crippen LogP contribution in [0.5, 0.6) is 0 Å². The van der Waals surface area contributed by atoms with Gasteiger partial charge in [-0.3, -0.25) is 4.79 Å². The third-order valence-electron chi connectivity index (χ3n) is 3.25. The first-order valence-electron chi connectivity index (χ1n) is 5.94. The van der Waals surface area contributed by atoms with Gasteiger partial charge in [0.15, 0.2) is 5.82 Å². The van der Waals surface area contributed by atoms with E-state index in [1.807, 2.05) is 4.90 Å². The monoisotopic (exact) mass is 263 g/mol. The molecular weight excluding hydrogens is 250 g/mol. The number of fused-ring (bicyclic) bond motifs is 3. The van der Waals surface area contributed by atoms with Crippen LogP contribution in [0.3, 0.4) is 0 Å². The number of carbonyl (C=O) groups is 2. The fourth-order valence-electron chi connectivity index (χ4n) is 2.30. The van der Waals surface area contributed by atoms with Gasteiger partial charge in [0.2, 0.25) is 5.91 Å². The number of nitrogens with zero attached hydrogens (tertiary/aromatic N) is 2. The molecule has 1 N–H and O–H groups in total. The van der Waals surface area contributed by atoms with Gasteiger partial charge in [0.1, 0.15) is 6.04 Å². The lowest BCUT2D eigenvalue weighted by molar-refractivity contribution is -0.120. The molecule has 7 nitrogen and oxygen atoms in total. The summed E-state index contributed by atoms with van der Waals surface area (Å²) in [6.45, 7) is 1.52. The summed E-state index contributed by atoms with van der Waals surface area (Å²) in [5, 5.41) is 2.75. The number of amides is 1. The molecule has 19 heavy (non-hydrogen) atoms. The fourth-order valence-corrected chi connectivity index (χ4v) is 2.30. The van der Waals surface area contributed by atoms with Crippen molar-refractivity contribution in [1.29, 1.82) is 0 Å². The molecule has 1 amide bonds. The van der Waals surface area contributed by atoms with Gasteiger partial charge >= 0.3 is 5.97 Å². The molecule has 1 saturated heterocycles. The van der Waals surface area contributed by atoms with Crippen molar-refractivity contribution in [1.82, 2.24) is 4.98 Å². The summed E-state index contributed by atoms with van der Waals surface area (Å²) >= 11 is 0. The topological polar surface area (TPSA) is 80.8 Å². The molecule has 0 radical (unpaired) electrons. The summed E-state index contributed by atoms with van der Waals surface area (Å²) in [6, 6.07) is 1.23. The minimum atomic E-state index is -0.478. The first-order valence-corrected chi connectivity index (χ1v) is 5.94. The van der Waals surface area contributed by atoms with E-state index in [0.717, 1.165) is 0 Å². The highest BCUT2D eigenvalue weighted by molar-refractivity contribution is 6.04. The Morgan fingerprint density at radius 2 is 2.47 bits per heavy atom. The molecular formula is C12H13N3O4. The maximum Gasteiger partial charge on any atom is 0.339 e. The molecule has 0 spiro atoms. The average molecular weight is 263 g/mol. The quantitative estimate of drug-likeness (QED) is 0.720. The Kier molecular flexibility index (Phi) is 2.83. The lowest BCUT2D eigenvalue weighted by Gasteiger charge is -2.39. The number of aromatic nitrogens is 1. The Labute approximate surface area is 109 Å². The molecule has 100 valence electrons. The predicted octanol–water partition coefficient (Wildman–Crippen LogP) is 0.0255. The van der Waals surface area contributed by atoms with E-state index in [2.05, 4.69) is 15.0 Å². The third kappa shape index (κ3) is 1.91. The van der Waals surface area contributed by atoms with Crippen molar-refractivity contribution in [3.05, 3.63) is 17.8 Å². The zero-order chi connectivity index (χ0) is 13.4. The van der Waals surface area contributed by atoms with Crippen LogP contribution in [0.1, 0.15) is 10.4 Å². The highest BCUT2D eigenvalue weighted by Gasteiger charge is 2.36. The first-order chi connectivity index (χ1) is 9.20. The van der Waals surface area contributed by atoms with Crippen LogP contribution in [-0.4, -0.2) is 49.8 Å². The molecule has 1 aromatic rings. The van der Waals surface area contributed by atoms with Gasteiger partial charge in [-0.05, 0) is 6.07 Å². The number of rotatable bonds is 1. The molecule has 0 aliphatic carbocycles. The average Bonchev–Trinajstić information content (AvgIpc) is 2.46. The molecule has 1 fully saturated rings. The molecule has 1 unspecified atom stereocenters. The molecule has 3 rings (SSSR count). The number of pyridine rings is 1. The number of methoxy groups -OCH3 is 1. The van der Waals surface area contributed by atoms with Crippen molar-refractivity contribution < 1.29 is 19.1 Å². The molecule has 0 aromatic carbocycles. The lowest BCUT2D eigenvalue weighted by atomic mass is 10.1. The van der Waals surface area contributed by atoms with Crippen LogP contribution < -0.4 is 10.2 Å². The summed E-state index contributed by atoms with van der Waals surface area (Å²) in [4.78, 5) is 29.6. The van der Waals surface area contributed by atoms with Gasteiger partial charge < -0.3 is 19.7 Å². The maximum absolute atomic E-state index is 12.0. The number of carbonyl (C=O) groups excluding carboxylic acids is 2. The number of nitrogens with one attached hydrogen (secondary N) is 1. The molecule has 1 atom stereocenters. The summed E-state index contributed by atoms with van der Waals surface area (Å²) in [5.41, 5.74) is 0.847. The van der Waals surface area contributed by atoms with Crippen molar-refractivity contribution in [2.75, 3.05) is 37.1 Å². The van der Waals surface area contributed by atoms with Gasteiger partial charge in [0.25, 0.3) is 0 Å². The molecule has 2 aliphatic rings. The molecule has 2 aliphatic heterocycles. The van der Waals surface area contributed by atoms with Crippen LogP contribution in [0.2, 0.25) is 0 Å². The van der Waals surface area contributed by atoms with Gasteiger partial charge in [-0.2, -0.15) is 0 Å². The van der Waals surface area contributed by atoms with Crippen molar-refractivity contribution >= 4 is 23.4 Å². The number of morpholine rings is 1. The van der Waals surface area contributed by atoms with E-state index in [4.69, 9.17) is 4.74 Å². The SMILES string of the molecule is COC(=O)c1cnc2c(c1)NC(=O)C1COCCN21. The number of hydrogen-bond donors (Lipinski definition) is 1. The van der Waals surface area contributed by atoms with E-state index in [-0.39, 0.29) is 11.9 Å². The molecule has 0 saturated carbocycles. The first kappa shape index (κ1) is 11.9. The molecule has 7 heteroatoms. The number of hydrogen-bond acceptors (Lipinski definition) is 6. The summed E-state index contributed by atoms with van der Waals surface area (Å²) in [5.74, 6) is 0.0465. The van der Waals surface area contributed by atoms with Gasteiger partial charge in [-0.1, -0.05) is 0 Å². The van der Waals surface area contributed by atoms with Crippen LogP contribution >= 0.6 is 0 Å². The Bertz CT molecular complexity index is 546. The van der Waals surface area contributed by atoms with Crippen LogP contribution in [0, 0.1) is 0 Å². The van der Waals surface area contributed by atoms with Crippen molar-refractivity contribution in [2.24, 2.45) is 0 Å². The lowest BCUT2D eigenvalue weighted by Crippen LogP contribution is -2.55. The minimum absolute atomic E-state index is 0.143. The van der Waals surface area contributed by atoms with E-state index < -0.39 is 5.97 Å². The van der Waals surface area contributed by atoms with Crippen molar-refractivity contribution in [3.63, 3.8) is 0 Å². The predicted molar refractivity (Wildman–Crippen MR) is 66.2 cm³/mol. The third-order valence-corrected chi connectivity index (χ3v) is 3.25. The Hall–Kier alpha value is -2.15. The van der Waals surface area contributed by atoms with Gasteiger partial charge in [0.05, 0.1) is 31.6 Å². The second kappa shape index (κ2) is 4.51. The van der Waals surface area contributed by atoms with E-state index in [1.54, 1.807) is 6.07 Å². The summed E-state index contributed by atoms with van der Waals surface area (Å²) in [6.07, 6.45) is 1.45. The van der Waals surface area contributed by atoms with E-state index in [1.165, 1.54) is 13.3 Å². The largest absolute Gasteiger partial charge is 0.465 e. The second-order valence-corrected chi connectivity index (χ2v) is 4.36. The normalized spacial score (nSPS) is 21.2. The van der Waals surface area contributed by atoms with Crippen LogP contribution in [-0.2, 0) is 14.3 Å². The van der Waals surface area contributed by atoms with Gasteiger partial charge in [-0.25, -0.2) is 9.78 Å². The summed E-state index contributed by atoms with van der Waals surface area (Å²) in [7, 11) is 1.30. The molecule has 0 bridgehead atoms. The van der Waals surface area contributed by atoms with Crippen molar-refractivity contribution in [3.8, 4) is 0 Å². The highest BCUT2D eigenvalue weighted by atomic mass is 16.5. The number of anilines is 2. The van der Waals surface area contributed by atoms with Crippen molar-refractivity contribution in [2.45, 2.75) is 6.04 Å². The number of esters is 1. The smallest absolute Gasteiger partial charge is 0.339 e. The van der Waals surface area contributed by atoms with Gasteiger partial charge in [-0.15, -0.1) is 0 Å². The molecule has 1 aromatic heterocycles.